The van der Waals surface area contributed by atoms with Gasteiger partial charge in [0.25, 0.3) is 5.56 Å². The Bertz CT molecular complexity index is 900. The van der Waals surface area contributed by atoms with Crippen molar-refractivity contribution in [2.75, 3.05) is 6.26 Å². The fourth-order valence-corrected chi connectivity index (χ4v) is 3.81. The van der Waals surface area contributed by atoms with Gasteiger partial charge in [0.15, 0.2) is 5.16 Å². The maximum atomic E-state index is 12.5. The standard InChI is InChI=1S/C15H12N2O3S2/c1-21-15-16-13-10(14(20)17(15)8-12(18)19)7-11(22-13)9-5-3-2-4-6-9/h2-7H,8H2,1H3,(H,18,19). The van der Waals surface area contributed by atoms with Gasteiger partial charge in [0.2, 0.25) is 0 Å². The van der Waals surface area contributed by atoms with Gasteiger partial charge in [-0.2, -0.15) is 0 Å². The van der Waals surface area contributed by atoms with Crippen molar-refractivity contribution in [2.24, 2.45) is 0 Å². The van der Waals surface area contributed by atoms with E-state index in [0.717, 1.165) is 10.4 Å². The van der Waals surface area contributed by atoms with Gasteiger partial charge in [-0.3, -0.25) is 14.2 Å². The van der Waals surface area contributed by atoms with Crippen molar-refractivity contribution in [2.45, 2.75) is 11.7 Å². The molecule has 3 rings (SSSR count). The number of hydrogen-bond acceptors (Lipinski definition) is 5. The summed E-state index contributed by atoms with van der Waals surface area (Å²) in [6.45, 7) is -0.380. The van der Waals surface area contributed by atoms with Crippen LogP contribution in [0.2, 0.25) is 0 Å². The van der Waals surface area contributed by atoms with Gasteiger partial charge in [-0.05, 0) is 17.9 Å². The van der Waals surface area contributed by atoms with Crippen LogP contribution in [-0.4, -0.2) is 26.9 Å². The molecule has 112 valence electrons. The van der Waals surface area contributed by atoms with Crippen LogP contribution in [0.4, 0.5) is 0 Å². The zero-order valence-corrected chi connectivity index (χ0v) is 13.3. The molecule has 22 heavy (non-hydrogen) atoms. The molecule has 0 aliphatic rings. The molecule has 0 amide bonds. The van der Waals surface area contributed by atoms with Crippen LogP contribution in [0.15, 0.2) is 46.3 Å². The molecule has 0 saturated heterocycles. The number of carbonyl (C=O) groups is 1. The molecule has 0 saturated carbocycles. The highest BCUT2D eigenvalue weighted by molar-refractivity contribution is 7.98. The Morgan fingerprint density at radius 2 is 2.09 bits per heavy atom. The minimum atomic E-state index is -1.06. The molecule has 1 N–H and O–H groups in total. The smallest absolute Gasteiger partial charge is 0.323 e. The molecule has 2 aromatic heterocycles. The number of benzene rings is 1. The Balaban J connectivity index is 2.22. The molecule has 0 spiro atoms. The lowest BCUT2D eigenvalue weighted by molar-refractivity contribution is -0.137. The summed E-state index contributed by atoms with van der Waals surface area (Å²) in [6, 6.07) is 11.5. The van der Waals surface area contributed by atoms with Crippen LogP contribution in [0.5, 0.6) is 0 Å². The van der Waals surface area contributed by atoms with Crippen molar-refractivity contribution in [3.63, 3.8) is 0 Å². The third-order valence-corrected chi connectivity index (χ3v) is 4.91. The number of hydrogen-bond donors (Lipinski definition) is 1. The lowest BCUT2D eigenvalue weighted by atomic mass is 10.2. The largest absolute Gasteiger partial charge is 0.480 e. The second-order valence-corrected chi connectivity index (χ2v) is 6.38. The van der Waals surface area contributed by atoms with E-state index in [9.17, 15) is 9.59 Å². The van der Waals surface area contributed by atoms with Crippen LogP contribution in [0.25, 0.3) is 20.7 Å². The normalized spacial score (nSPS) is 11.0. The third kappa shape index (κ3) is 2.65. The van der Waals surface area contributed by atoms with E-state index >= 15 is 0 Å². The highest BCUT2D eigenvalue weighted by atomic mass is 32.2. The highest BCUT2D eigenvalue weighted by Gasteiger charge is 2.16. The first-order chi connectivity index (χ1) is 10.6. The van der Waals surface area contributed by atoms with Crippen molar-refractivity contribution < 1.29 is 9.90 Å². The van der Waals surface area contributed by atoms with Gasteiger partial charge in [0, 0.05) is 4.88 Å². The van der Waals surface area contributed by atoms with Crippen molar-refractivity contribution >= 4 is 39.3 Å². The first-order valence-corrected chi connectivity index (χ1v) is 8.50. The van der Waals surface area contributed by atoms with Gasteiger partial charge in [-0.1, -0.05) is 42.1 Å². The zero-order chi connectivity index (χ0) is 15.7. The number of nitrogens with zero attached hydrogens (tertiary/aromatic N) is 2. The van der Waals surface area contributed by atoms with E-state index in [1.165, 1.54) is 27.7 Å². The first-order valence-electron chi connectivity index (χ1n) is 6.45. The SMILES string of the molecule is CSc1nc2sc(-c3ccccc3)cc2c(=O)n1CC(=O)O. The molecule has 0 atom stereocenters. The second kappa shape index (κ2) is 5.94. The third-order valence-electron chi connectivity index (χ3n) is 3.15. The molecule has 0 aliphatic carbocycles. The van der Waals surface area contributed by atoms with Crippen molar-refractivity contribution in [3.8, 4) is 10.4 Å². The number of rotatable bonds is 4. The van der Waals surface area contributed by atoms with E-state index in [1.807, 2.05) is 30.3 Å². The molecular weight excluding hydrogens is 320 g/mol. The van der Waals surface area contributed by atoms with Gasteiger partial charge < -0.3 is 5.11 Å². The number of fused-ring (bicyclic) bond motifs is 1. The van der Waals surface area contributed by atoms with E-state index in [0.29, 0.717) is 15.4 Å². The van der Waals surface area contributed by atoms with E-state index in [2.05, 4.69) is 4.98 Å². The van der Waals surface area contributed by atoms with Crippen LogP contribution in [0.1, 0.15) is 0 Å². The van der Waals surface area contributed by atoms with E-state index in [-0.39, 0.29) is 12.1 Å². The van der Waals surface area contributed by atoms with Crippen LogP contribution in [0, 0.1) is 0 Å². The average molecular weight is 332 g/mol. The van der Waals surface area contributed by atoms with Crippen LogP contribution < -0.4 is 5.56 Å². The lowest BCUT2D eigenvalue weighted by Gasteiger charge is -2.07. The molecule has 2 heterocycles. The molecule has 3 aromatic rings. The first kappa shape index (κ1) is 14.8. The lowest BCUT2D eigenvalue weighted by Crippen LogP contribution is -2.26. The quantitative estimate of drug-likeness (QED) is 0.587. The fraction of sp³-hybridized carbons (Fsp3) is 0.133. The predicted molar refractivity (Wildman–Crippen MR) is 88.7 cm³/mol. The monoisotopic (exact) mass is 332 g/mol. The Kier molecular flexibility index (Phi) is 4.00. The van der Waals surface area contributed by atoms with Gasteiger partial charge in [-0.15, -0.1) is 11.3 Å². The molecule has 7 heteroatoms. The van der Waals surface area contributed by atoms with E-state index < -0.39 is 5.97 Å². The fourth-order valence-electron chi connectivity index (χ4n) is 2.17. The summed E-state index contributed by atoms with van der Waals surface area (Å²) in [5.74, 6) is -1.06. The molecule has 5 nitrogen and oxygen atoms in total. The number of carboxylic acids is 1. The number of aliphatic carboxylic acids is 1. The van der Waals surface area contributed by atoms with Crippen LogP contribution in [0.3, 0.4) is 0 Å². The molecule has 0 radical (unpaired) electrons. The summed E-state index contributed by atoms with van der Waals surface area (Å²) in [4.78, 5) is 29.5. The Morgan fingerprint density at radius 1 is 1.36 bits per heavy atom. The summed E-state index contributed by atoms with van der Waals surface area (Å²) in [5, 5.41) is 9.85. The molecule has 0 bridgehead atoms. The summed E-state index contributed by atoms with van der Waals surface area (Å²) in [7, 11) is 0. The maximum Gasteiger partial charge on any atom is 0.323 e. The van der Waals surface area contributed by atoms with Crippen molar-refractivity contribution in [3.05, 3.63) is 46.8 Å². The zero-order valence-electron chi connectivity index (χ0n) is 11.6. The van der Waals surface area contributed by atoms with Gasteiger partial charge in [-0.25, -0.2) is 4.98 Å². The molecule has 0 unspecified atom stereocenters. The van der Waals surface area contributed by atoms with Gasteiger partial charge in [0.05, 0.1) is 5.39 Å². The van der Waals surface area contributed by atoms with Gasteiger partial charge in [0.1, 0.15) is 11.4 Å². The Labute approximate surface area is 134 Å². The molecular formula is C15H12N2O3S2. The Morgan fingerprint density at radius 3 is 2.73 bits per heavy atom. The Hall–Kier alpha value is -2.12. The predicted octanol–water partition coefficient (Wildman–Crippen LogP) is 2.93. The van der Waals surface area contributed by atoms with E-state index in [1.54, 1.807) is 12.3 Å². The number of carboxylic acid groups (broad SMARTS) is 1. The van der Waals surface area contributed by atoms with Gasteiger partial charge >= 0.3 is 5.97 Å². The summed E-state index contributed by atoms with van der Waals surface area (Å²) < 4.78 is 1.21. The maximum absolute atomic E-state index is 12.5. The van der Waals surface area contributed by atoms with Crippen LogP contribution in [-0.2, 0) is 11.3 Å². The summed E-state index contributed by atoms with van der Waals surface area (Å²) in [5.41, 5.74) is 0.704. The highest BCUT2D eigenvalue weighted by Crippen LogP contribution is 2.31. The topological polar surface area (TPSA) is 72.2 Å². The van der Waals surface area contributed by atoms with Crippen molar-refractivity contribution in [1.29, 1.82) is 0 Å². The van der Waals surface area contributed by atoms with E-state index in [4.69, 9.17) is 5.11 Å². The van der Waals surface area contributed by atoms with Crippen molar-refractivity contribution in [1.82, 2.24) is 9.55 Å². The summed E-state index contributed by atoms with van der Waals surface area (Å²) in [6.07, 6.45) is 1.78. The summed E-state index contributed by atoms with van der Waals surface area (Å²) >= 11 is 2.70. The number of aromatic nitrogens is 2. The molecule has 0 aliphatic heterocycles. The van der Waals surface area contributed by atoms with Crippen LogP contribution >= 0.6 is 23.1 Å². The average Bonchev–Trinajstić information content (AvgIpc) is 2.95. The number of thiophene rings is 1. The second-order valence-electron chi connectivity index (χ2n) is 4.58. The number of thioether (sulfide) groups is 1. The molecule has 1 aromatic carbocycles. The molecule has 0 fully saturated rings. The minimum Gasteiger partial charge on any atom is -0.480 e. The minimum absolute atomic E-state index is 0.310.